The van der Waals surface area contributed by atoms with E-state index in [1.54, 1.807) is 0 Å². The van der Waals surface area contributed by atoms with E-state index in [0.717, 1.165) is 6.42 Å². The predicted octanol–water partition coefficient (Wildman–Crippen LogP) is 2.75. The van der Waals surface area contributed by atoms with Crippen LogP contribution in [0.3, 0.4) is 0 Å². The fourth-order valence-electron chi connectivity index (χ4n) is 1.72. The lowest BCUT2D eigenvalue weighted by Gasteiger charge is -2.10. The number of rotatable bonds is 3. The summed E-state index contributed by atoms with van der Waals surface area (Å²) in [7, 11) is 0. The SMILES string of the molecule is CSc1cc(CC2(N)CC2)ccc1C. The molecular formula is C12H17NS. The van der Waals surface area contributed by atoms with Crippen LogP contribution >= 0.6 is 11.8 Å². The molecule has 2 heteroatoms. The zero-order chi connectivity index (χ0) is 10.2. The molecule has 1 aromatic rings. The second kappa shape index (κ2) is 3.59. The Morgan fingerprint density at radius 2 is 2.14 bits per heavy atom. The summed E-state index contributed by atoms with van der Waals surface area (Å²) in [5, 5.41) is 0. The Labute approximate surface area is 90.1 Å². The highest BCUT2D eigenvalue weighted by Gasteiger charge is 2.37. The van der Waals surface area contributed by atoms with E-state index >= 15 is 0 Å². The number of thioether (sulfide) groups is 1. The minimum atomic E-state index is 0.130. The maximum Gasteiger partial charge on any atom is 0.0196 e. The third kappa shape index (κ3) is 2.12. The summed E-state index contributed by atoms with van der Waals surface area (Å²) in [6.07, 6.45) is 5.55. The predicted molar refractivity (Wildman–Crippen MR) is 62.8 cm³/mol. The molecule has 0 unspecified atom stereocenters. The molecule has 0 atom stereocenters. The standard InChI is InChI=1S/C12H17NS/c1-9-3-4-10(7-11(9)14-2)8-12(13)5-6-12/h3-4,7H,5-6,8,13H2,1-2H3. The smallest absolute Gasteiger partial charge is 0.0196 e. The molecule has 1 saturated carbocycles. The third-order valence-electron chi connectivity index (χ3n) is 2.92. The molecule has 0 heterocycles. The fraction of sp³-hybridized carbons (Fsp3) is 0.500. The first-order chi connectivity index (χ1) is 6.63. The molecule has 14 heavy (non-hydrogen) atoms. The lowest BCUT2D eigenvalue weighted by molar-refractivity contribution is 0.671. The summed E-state index contributed by atoms with van der Waals surface area (Å²) in [5.74, 6) is 0. The van der Waals surface area contributed by atoms with E-state index in [9.17, 15) is 0 Å². The Morgan fingerprint density at radius 3 is 2.71 bits per heavy atom. The van der Waals surface area contributed by atoms with E-state index in [1.807, 2.05) is 11.8 Å². The van der Waals surface area contributed by atoms with Crippen molar-refractivity contribution < 1.29 is 0 Å². The highest BCUT2D eigenvalue weighted by Crippen LogP contribution is 2.36. The quantitative estimate of drug-likeness (QED) is 0.771. The Balaban J connectivity index is 2.18. The summed E-state index contributed by atoms with van der Waals surface area (Å²) in [6, 6.07) is 6.70. The summed E-state index contributed by atoms with van der Waals surface area (Å²) >= 11 is 1.82. The lowest BCUT2D eigenvalue weighted by atomic mass is 10.0. The molecule has 0 bridgehead atoms. The van der Waals surface area contributed by atoms with E-state index in [1.165, 1.54) is 28.9 Å². The summed E-state index contributed by atoms with van der Waals surface area (Å²) in [5.41, 5.74) is 8.98. The first-order valence-electron chi connectivity index (χ1n) is 5.05. The Bertz CT molecular complexity index is 342. The molecule has 0 aliphatic heterocycles. The van der Waals surface area contributed by atoms with E-state index in [-0.39, 0.29) is 5.54 Å². The Hall–Kier alpha value is -0.470. The second-order valence-corrected chi connectivity index (χ2v) is 5.19. The number of hydrogen-bond acceptors (Lipinski definition) is 2. The van der Waals surface area contributed by atoms with Crippen molar-refractivity contribution in [3.05, 3.63) is 29.3 Å². The number of hydrogen-bond donors (Lipinski definition) is 1. The normalized spacial score (nSPS) is 18.2. The summed E-state index contributed by atoms with van der Waals surface area (Å²) < 4.78 is 0. The fourth-order valence-corrected chi connectivity index (χ4v) is 2.38. The van der Waals surface area contributed by atoms with Crippen LogP contribution in [0, 0.1) is 6.92 Å². The molecule has 1 aliphatic rings. The van der Waals surface area contributed by atoms with Gasteiger partial charge in [-0.05, 0) is 49.6 Å². The van der Waals surface area contributed by atoms with E-state index in [0.29, 0.717) is 0 Å². The topological polar surface area (TPSA) is 26.0 Å². The highest BCUT2D eigenvalue weighted by molar-refractivity contribution is 7.98. The van der Waals surface area contributed by atoms with Crippen LogP contribution in [0.5, 0.6) is 0 Å². The van der Waals surface area contributed by atoms with Crippen molar-refractivity contribution in [1.29, 1.82) is 0 Å². The van der Waals surface area contributed by atoms with E-state index in [4.69, 9.17) is 5.73 Å². The molecule has 0 saturated heterocycles. The monoisotopic (exact) mass is 207 g/mol. The van der Waals surface area contributed by atoms with Gasteiger partial charge in [0, 0.05) is 10.4 Å². The Kier molecular flexibility index (Phi) is 2.58. The third-order valence-corrected chi connectivity index (χ3v) is 3.80. The van der Waals surface area contributed by atoms with E-state index in [2.05, 4.69) is 31.4 Å². The zero-order valence-corrected chi connectivity index (χ0v) is 9.66. The van der Waals surface area contributed by atoms with Gasteiger partial charge in [-0.25, -0.2) is 0 Å². The molecule has 0 amide bonds. The van der Waals surface area contributed by atoms with Gasteiger partial charge in [0.05, 0.1) is 0 Å². The van der Waals surface area contributed by atoms with Crippen molar-refractivity contribution in [3.8, 4) is 0 Å². The van der Waals surface area contributed by atoms with Crippen molar-refractivity contribution in [3.63, 3.8) is 0 Å². The van der Waals surface area contributed by atoms with Gasteiger partial charge in [0.25, 0.3) is 0 Å². The average molecular weight is 207 g/mol. The molecule has 1 fully saturated rings. The summed E-state index contributed by atoms with van der Waals surface area (Å²) in [4.78, 5) is 1.38. The highest BCUT2D eigenvalue weighted by atomic mass is 32.2. The van der Waals surface area contributed by atoms with E-state index < -0.39 is 0 Å². The van der Waals surface area contributed by atoms with Gasteiger partial charge >= 0.3 is 0 Å². The first kappa shape index (κ1) is 10.1. The van der Waals surface area contributed by atoms with Crippen LogP contribution in [0.4, 0.5) is 0 Å². The van der Waals surface area contributed by atoms with Gasteiger partial charge in [-0.3, -0.25) is 0 Å². The number of nitrogens with two attached hydrogens (primary N) is 1. The van der Waals surface area contributed by atoms with Crippen molar-refractivity contribution in [2.45, 2.75) is 36.6 Å². The molecular weight excluding hydrogens is 190 g/mol. The van der Waals surface area contributed by atoms with Crippen molar-refractivity contribution >= 4 is 11.8 Å². The molecule has 0 spiro atoms. The van der Waals surface area contributed by atoms with Gasteiger partial charge in [0.1, 0.15) is 0 Å². The van der Waals surface area contributed by atoms with Crippen molar-refractivity contribution in [1.82, 2.24) is 0 Å². The first-order valence-corrected chi connectivity index (χ1v) is 6.28. The average Bonchev–Trinajstić information content (AvgIpc) is 2.87. The van der Waals surface area contributed by atoms with Gasteiger partial charge in [0.15, 0.2) is 0 Å². The number of aryl methyl sites for hydroxylation is 1. The zero-order valence-electron chi connectivity index (χ0n) is 8.84. The van der Waals surface area contributed by atoms with Gasteiger partial charge in [-0.2, -0.15) is 0 Å². The van der Waals surface area contributed by atoms with Crippen LogP contribution in [0.25, 0.3) is 0 Å². The van der Waals surface area contributed by atoms with Crippen LogP contribution in [0.1, 0.15) is 24.0 Å². The van der Waals surface area contributed by atoms with Gasteiger partial charge in [-0.15, -0.1) is 11.8 Å². The minimum absolute atomic E-state index is 0.130. The molecule has 76 valence electrons. The van der Waals surface area contributed by atoms with Crippen LogP contribution in [-0.4, -0.2) is 11.8 Å². The van der Waals surface area contributed by atoms with Crippen LogP contribution in [-0.2, 0) is 6.42 Å². The lowest BCUT2D eigenvalue weighted by Crippen LogP contribution is -2.24. The van der Waals surface area contributed by atoms with Crippen LogP contribution in [0.2, 0.25) is 0 Å². The van der Waals surface area contributed by atoms with Gasteiger partial charge in [-0.1, -0.05) is 12.1 Å². The van der Waals surface area contributed by atoms with Crippen molar-refractivity contribution in [2.24, 2.45) is 5.73 Å². The van der Waals surface area contributed by atoms with Crippen LogP contribution < -0.4 is 5.73 Å². The largest absolute Gasteiger partial charge is 0.325 e. The molecule has 2 rings (SSSR count). The van der Waals surface area contributed by atoms with Crippen molar-refractivity contribution in [2.75, 3.05) is 6.26 Å². The molecule has 1 aromatic carbocycles. The molecule has 1 nitrogen and oxygen atoms in total. The van der Waals surface area contributed by atoms with Crippen LogP contribution in [0.15, 0.2) is 23.1 Å². The molecule has 0 aromatic heterocycles. The van der Waals surface area contributed by atoms with Gasteiger partial charge < -0.3 is 5.73 Å². The maximum absolute atomic E-state index is 6.10. The summed E-state index contributed by atoms with van der Waals surface area (Å²) in [6.45, 7) is 2.16. The Morgan fingerprint density at radius 1 is 1.43 bits per heavy atom. The minimum Gasteiger partial charge on any atom is -0.325 e. The number of benzene rings is 1. The van der Waals surface area contributed by atoms with Gasteiger partial charge in [0.2, 0.25) is 0 Å². The second-order valence-electron chi connectivity index (χ2n) is 4.34. The molecule has 2 N–H and O–H groups in total. The maximum atomic E-state index is 6.10. The molecule has 1 aliphatic carbocycles. The molecule has 0 radical (unpaired) electrons.